The van der Waals surface area contributed by atoms with Crippen LogP contribution in [0.4, 0.5) is 0 Å². The summed E-state index contributed by atoms with van der Waals surface area (Å²) in [6.45, 7) is 2.17. The molecule has 0 radical (unpaired) electrons. The van der Waals surface area contributed by atoms with Gasteiger partial charge >= 0.3 is 0 Å². The Morgan fingerprint density at radius 1 is 1.04 bits per heavy atom. The summed E-state index contributed by atoms with van der Waals surface area (Å²) < 4.78 is 0. The lowest BCUT2D eigenvalue weighted by molar-refractivity contribution is -0.139. The molecule has 1 aromatic rings. The average molecular weight is 358 g/mol. The number of rotatable bonds is 3. The summed E-state index contributed by atoms with van der Waals surface area (Å²) in [6.07, 6.45) is 8.98. The number of amides is 2. The SMILES string of the molecule is CCNC(=O)C(=O)C1CCCCCCCCCc2ccccc2C(=O)N1. The quantitative estimate of drug-likeness (QED) is 0.815. The van der Waals surface area contributed by atoms with Crippen molar-refractivity contribution in [2.45, 2.75) is 70.8 Å². The van der Waals surface area contributed by atoms with Crippen molar-refractivity contribution < 1.29 is 14.4 Å². The van der Waals surface area contributed by atoms with Gasteiger partial charge in [0, 0.05) is 12.1 Å². The Labute approximate surface area is 155 Å². The molecule has 1 unspecified atom stereocenters. The van der Waals surface area contributed by atoms with Crippen LogP contribution in [0.3, 0.4) is 0 Å². The van der Waals surface area contributed by atoms with E-state index in [1.165, 1.54) is 19.3 Å². The van der Waals surface area contributed by atoms with E-state index in [0.717, 1.165) is 37.7 Å². The largest absolute Gasteiger partial charge is 0.350 e. The zero-order valence-electron chi connectivity index (χ0n) is 15.7. The molecule has 0 aromatic heterocycles. The van der Waals surface area contributed by atoms with Gasteiger partial charge in [-0.2, -0.15) is 0 Å². The van der Waals surface area contributed by atoms with E-state index in [1.54, 1.807) is 13.0 Å². The molecule has 5 heteroatoms. The Morgan fingerprint density at radius 2 is 1.69 bits per heavy atom. The molecule has 2 amide bonds. The minimum absolute atomic E-state index is 0.264. The molecule has 1 aliphatic heterocycles. The van der Waals surface area contributed by atoms with Crippen LogP contribution in [0.15, 0.2) is 24.3 Å². The van der Waals surface area contributed by atoms with E-state index in [2.05, 4.69) is 10.6 Å². The first-order valence-corrected chi connectivity index (χ1v) is 9.84. The van der Waals surface area contributed by atoms with Crippen LogP contribution in [0.2, 0.25) is 0 Å². The second kappa shape index (κ2) is 10.7. The van der Waals surface area contributed by atoms with Crippen LogP contribution in [0, 0.1) is 0 Å². The van der Waals surface area contributed by atoms with Crippen LogP contribution in [-0.2, 0) is 16.0 Å². The number of Topliss-reactive ketones (excluding diaryl/α,β-unsaturated/α-hetero) is 1. The number of carbonyl (C=O) groups excluding carboxylic acids is 3. The molecule has 1 aromatic carbocycles. The number of hydrogen-bond acceptors (Lipinski definition) is 3. The van der Waals surface area contributed by atoms with Crippen molar-refractivity contribution in [3.05, 3.63) is 35.4 Å². The molecular weight excluding hydrogens is 328 g/mol. The van der Waals surface area contributed by atoms with E-state index in [0.29, 0.717) is 18.5 Å². The van der Waals surface area contributed by atoms with Crippen molar-refractivity contribution in [2.24, 2.45) is 0 Å². The number of carbonyl (C=O) groups is 3. The molecule has 1 aliphatic rings. The molecule has 2 N–H and O–H groups in total. The van der Waals surface area contributed by atoms with E-state index in [9.17, 15) is 14.4 Å². The van der Waals surface area contributed by atoms with Gasteiger partial charge in [0.2, 0.25) is 5.78 Å². The molecule has 5 nitrogen and oxygen atoms in total. The first-order chi connectivity index (χ1) is 12.6. The topological polar surface area (TPSA) is 75.3 Å². The standard InChI is InChI=1S/C21H30N2O3/c1-2-22-21(26)19(24)18-15-9-7-5-3-4-6-8-12-16-13-10-11-14-17(16)20(25)23-18/h10-11,13-14,18H,2-9,12,15H2,1H3,(H,22,26)(H,23,25). The summed E-state index contributed by atoms with van der Waals surface area (Å²) in [4.78, 5) is 37.2. The molecule has 0 fully saturated rings. The van der Waals surface area contributed by atoms with Crippen LogP contribution >= 0.6 is 0 Å². The smallest absolute Gasteiger partial charge is 0.289 e. The molecule has 0 spiro atoms. The van der Waals surface area contributed by atoms with Gasteiger partial charge in [0.25, 0.3) is 11.8 Å². The predicted octanol–water partition coefficient (Wildman–Crippen LogP) is 3.17. The van der Waals surface area contributed by atoms with Crippen LogP contribution in [0.5, 0.6) is 0 Å². The monoisotopic (exact) mass is 358 g/mol. The maximum absolute atomic E-state index is 12.8. The lowest BCUT2D eigenvalue weighted by Crippen LogP contribution is -2.47. The zero-order valence-corrected chi connectivity index (χ0v) is 15.7. The Balaban J connectivity index is 2.19. The predicted molar refractivity (Wildman–Crippen MR) is 102 cm³/mol. The Morgan fingerprint density at radius 3 is 2.42 bits per heavy atom. The summed E-state index contributed by atoms with van der Waals surface area (Å²) in [5.74, 6) is -1.43. The Hall–Kier alpha value is -2.17. The van der Waals surface area contributed by atoms with E-state index < -0.39 is 17.7 Å². The van der Waals surface area contributed by atoms with Crippen molar-refractivity contribution in [1.82, 2.24) is 10.6 Å². The van der Waals surface area contributed by atoms with E-state index in [4.69, 9.17) is 0 Å². The van der Waals surface area contributed by atoms with Crippen LogP contribution in [0.1, 0.15) is 74.2 Å². The summed E-state index contributed by atoms with van der Waals surface area (Å²) in [7, 11) is 0. The number of nitrogens with one attached hydrogen (secondary N) is 2. The van der Waals surface area contributed by atoms with Gasteiger partial charge < -0.3 is 10.6 Å². The molecule has 0 saturated carbocycles. The van der Waals surface area contributed by atoms with Gasteiger partial charge in [-0.1, -0.05) is 56.7 Å². The van der Waals surface area contributed by atoms with Crippen molar-refractivity contribution >= 4 is 17.6 Å². The second-order valence-electron chi connectivity index (χ2n) is 6.92. The minimum Gasteiger partial charge on any atom is -0.350 e. The van der Waals surface area contributed by atoms with Gasteiger partial charge in [-0.15, -0.1) is 0 Å². The highest BCUT2D eigenvalue weighted by atomic mass is 16.2. The highest BCUT2D eigenvalue weighted by Gasteiger charge is 2.27. The van der Waals surface area contributed by atoms with Crippen molar-refractivity contribution in [2.75, 3.05) is 6.54 Å². The molecular formula is C21H30N2O3. The second-order valence-corrected chi connectivity index (χ2v) is 6.92. The van der Waals surface area contributed by atoms with Gasteiger partial charge in [0.15, 0.2) is 0 Å². The summed E-state index contributed by atoms with van der Waals surface area (Å²) in [5, 5.41) is 5.36. The lowest BCUT2D eigenvalue weighted by Gasteiger charge is -2.19. The van der Waals surface area contributed by atoms with Crippen molar-refractivity contribution in [1.29, 1.82) is 0 Å². The van der Waals surface area contributed by atoms with E-state index in [-0.39, 0.29) is 5.91 Å². The van der Waals surface area contributed by atoms with Crippen molar-refractivity contribution in [3.8, 4) is 0 Å². The van der Waals surface area contributed by atoms with Crippen molar-refractivity contribution in [3.63, 3.8) is 0 Å². The highest BCUT2D eigenvalue weighted by molar-refractivity contribution is 6.38. The maximum Gasteiger partial charge on any atom is 0.289 e. The van der Waals surface area contributed by atoms with Gasteiger partial charge in [-0.25, -0.2) is 0 Å². The molecule has 142 valence electrons. The van der Waals surface area contributed by atoms with Crippen LogP contribution in [0.25, 0.3) is 0 Å². The fourth-order valence-corrected chi connectivity index (χ4v) is 3.42. The minimum atomic E-state index is -0.759. The lowest BCUT2D eigenvalue weighted by atomic mass is 9.97. The molecule has 1 heterocycles. The van der Waals surface area contributed by atoms with E-state index in [1.807, 2.05) is 18.2 Å². The van der Waals surface area contributed by atoms with Gasteiger partial charge in [-0.05, 0) is 37.8 Å². The number of fused-ring (bicyclic) bond motifs is 1. The van der Waals surface area contributed by atoms with E-state index >= 15 is 0 Å². The third kappa shape index (κ3) is 5.97. The number of benzene rings is 1. The summed E-state index contributed by atoms with van der Waals surface area (Å²) >= 11 is 0. The van der Waals surface area contributed by atoms with Crippen LogP contribution in [-0.4, -0.2) is 30.2 Å². The first kappa shape index (κ1) is 20.1. The summed E-state index contributed by atoms with van der Waals surface area (Å²) in [6, 6.07) is 6.78. The highest BCUT2D eigenvalue weighted by Crippen LogP contribution is 2.17. The number of likely N-dealkylation sites (N-methyl/N-ethyl adjacent to an activating group) is 1. The number of hydrogen-bond donors (Lipinski definition) is 2. The maximum atomic E-state index is 12.8. The molecule has 26 heavy (non-hydrogen) atoms. The molecule has 2 rings (SSSR count). The fraction of sp³-hybridized carbons (Fsp3) is 0.571. The van der Waals surface area contributed by atoms with Gasteiger partial charge in [0.1, 0.15) is 0 Å². The normalized spacial score (nSPS) is 19.6. The zero-order chi connectivity index (χ0) is 18.8. The van der Waals surface area contributed by atoms with Gasteiger partial charge in [0.05, 0.1) is 6.04 Å². The molecule has 0 aliphatic carbocycles. The summed E-state index contributed by atoms with van der Waals surface area (Å²) in [5.41, 5.74) is 1.62. The Bertz CT molecular complexity index is 627. The molecule has 1 atom stereocenters. The molecule has 0 saturated heterocycles. The third-order valence-corrected chi connectivity index (χ3v) is 4.88. The number of ketones is 1. The third-order valence-electron chi connectivity index (χ3n) is 4.88. The Kier molecular flexibility index (Phi) is 8.32. The molecule has 0 bridgehead atoms. The fourth-order valence-electron chi connectivity index (χ4n) is 3.42. The van der Waals surface area contributed by atoms with Gasteiger partial charge in [-0.3, -0.25) is 14.4 Å². The number of aryl methyl sites for hydroxylation is 1. The van der Waals surface area contributed by atoms with Crippen LogP contribution < -0.4 is 10.6 Å². The first-order valence-electron chi connectivity index (χ1n) is 9.84. The average Bonchev–Trinajstić information content (AvgIpc) is 2.65.